The van der Waals surface area contributed by atoms with E-state index in [2.05, 4.69) is 10.3 Å². The van der Waals surface area contributed by atoms with Crippen LogP contribution >= 0.6 is 0 Å². The Bertz CT molecular complexity index is 1390. The van der Waals surface area contributed by atoms with Gasteiger partial charge in [-0.2, -0.15) is 0 Å². The Morgan fingerprint density at radius 2 is 1.86 bits per heavy atom. The maximum Gasteiger partial charge on any atom is 0.407 e. The first-order valence-electron chi connectivity index (χ1n) is 14.0. The zero-order valence-corrected chi connectivity index (χ0v) is 24.2. The highest BCUT2D eigenvalue weighted by Crippen LogP contribution is 2.25. The number of carboxylic acid groups (broad SMARTS) is 1. The average Bonchev–Trinajstić information content (AvgIpc) is 3.35. The van der Waals surface area contributed by atoms with Crippen LogP contribution in [0.4, 0.5) is 4.79 Å². The largest absolute Gasteiger partial charge is 0.493 e. The summed E-state index contributed by atoms with van der Waals surface area (Å²) in [6.45, 7) is 8.07. The number of carbonyl (C=O) groups excluding carboxylic acids is 2. The number of nitrogens with zero attached hydrogens (tertiary/aromatic N) is 2. The molecule has 42 heavy (non-hydrogen) atoms. The Morgan fingerprint density at radius 3 is 2.60 bits per heavy atom. The number of hydrogen-bond acceptors (Lipinski definition) is 8. The number of ether oxygens (including phenoxy) is 3. The summed E-state index contributed by atoms with van der Waals surface area (Å²) in [5.74, 6) is 0.738. The van der Waals surface area contributed by atoms with E-state index < -0.39 is 12.1 Å². The molecule has 0 atom stereocenters. The molecular weight excluding hydrogens is 542 g/mol. The van der Waals surface area contributed by atoms with Gasteiger partial charge in [0.25, 0.3) is 5.91 Å². The first-order valence-corrected chi connectivity index (χ1v) is 14.0. The fraction of sp³-hybridized carbons (Fsp3) is 0.419. The molecule has 0 radical (unpaired) electrons. The first kappa shape index (κ1) is 30.6. The third-order valence-corrected chi connectivity index (χ3v) is 6.71. The lowest BCUT2D eigenvalue weighted by molar-refractivity contribution is -0.136. The number of amides is 2. The molecule has 1 saturated heterocycles. The SMILES string of the molecule is Cc1oc(-c2cccc(C(=O)N3CCOCC3)c2)nc1CCOc1ccc(CCC(=O)O)c(CNC(=O)OC(C)C)c1. The van der Waals surface area contributed by atoms with Crippen molar-refractivity contribution in [2.75, 3.05) is 32.9 Å². The van der Waals surface area contributed by atoms with Crippen LogP contribution in [0.5, 0.6) is 5.75 Å². The van der Waals surface area contributed by atoms with E-state index in [9.17, 15) is 14.4 Å². The smallest absolute Gasteiger partial charge is 0.407 e. The van der Waals surface area contributed by atoms with Crippen molar-refractivity contribution in [1.82, 2.24) is 15.2 Å². The number of aromatic nitrogens is 1. The van der Waals surface area contributed by atoms with Crippen molar-refractivity contribution >= 4 is 18.0 Å². The normalized spacial score (nSPS) is 13.2. The van der Waals surface area contributed by atoms with Crippen LogP contribution in [0.2, 0.25) is 0 Å². The minimum Gasteiger partial charge on any atom is -0.493 e. The number of benzene rings is 2. The Hall–Kier alpha value is -4.38. The summed E-state index contributed by atoms with van der Waals surface area (Å²) in [5, 5.41) is 11.8. The van der Waals surface area contributed by atoms with Gasteiger partial charge in [0.1, 0.15) is 11.5 Å². The zero-order chi connectivity index (χ0) is 30.1. The molecule has 0 bridgehead atoms. The predicted octanol–water partition coefficient (Wildman–Crippen LogP) is 4.40. The van der Waals surface area contributed by atoms with Crippen molar-refractivity contribution in [1.29, 1.82) is 0 Å². The zero-order valence-electron chi connectivity index (χ0n) is 24.2. The maximum atomic E-state index is 12.9. The van der Waals surface area contributed by atoms with E-state index in [1.54, 1.807) is 43.0 Å². The number of rotatable bonds is 12. The molecule has 11 nitrogen and oxygen atoms in total. The number of morpholine rings is 1. The van der Waals surface area contributed by atoms with Gasteiger partial charge in [-0.05, 0) is 68.7 Å². The number of alkyl carbamates (subject to hydrolysis) is 1. The first-order chi connectivity index (χ1) is 20.2. The molecule has 0 unspecified atom stereocenters. The quantitative estimate of drug-likeness (QED) is 0.320. The second kappa shape index (κ2) is 14.5. The van der Waals surface area contributed by atoms with Gasteiger partial charge in [-0.15, -0.1) is 0 Å². The minimum atomic E-state index is -0.897. The van der Waals surface area contributed by atoms with Gasteiger partial charge < -0.3 is 34.0 Å². The van der Waals surface area contributed by atoms with Gasteiger partial charge in [0.15, 0.2) is 0 Å². The summed E-state index contributed by atoms with van der Waals surface area (Å²) in [6, 6.07) is 12.7. The van der Waals surface area contributed by atoms with Crippen LogP contribution in [0.3, 0.4) is 0 Å². The van der Waals surface area contributed by atoms with Gasteiger partial charge in [-0.1, -0.05) is 12.1 Å². The molecule has 1 fully saturated rings. The standard InChI is InChI=1S/C31H37N3O8/c1-20(2)41-31(38)32-19-25-18-26(9-7-22(25)8-10-28(35)36)40-14-11-27-21(3)42-29(33-27)23-5-4-6-24(17-23)30(37)34-12-15-39-16-13-34/h4-7,9,17-18,20H,8,10-16,19H2,1-3H3,(H,32,38)(H,35,36). The third kappa shape index (κ3) is 8.56. The predicted molar refractivity (Wildman–Crippen MR) is 153 cm³/mol. The van der Waals surface area contributed by atoms with Crippen molar-refractivity contribution < 1.29 is 38.1 Å². The molecule has 224 valence electrons. The molecule has 1 aliphatic rings. The molecule has 2 heterocycles. The Labute approximate surface area is 244 Å². The molecule has 2 aromatic carbocycles. The highest BCUT2D eigenvalue weighted by atomic mass is 16.6. The molecule has 2 amide bonds. The summed E-state index contributed by atoms with van der Waals surface area (Å²) in [7, 11) is 0. The van der Waals surface area contributed by atoms with Crippen molar-refractivity contribution in [3.8, 4) is 17.2 Å². The molecule has 0 saturated carbocycles. The molecule has 0 aliphatic carbocycles. The fourth-order valence-corrected chi connectivity index (χ4v) is 4.55. The van der Waals surface area contributed by atoms with Gasteiger partial charge in [-0.3, -0.25) is 9.59 Å². The van der Waals surface area contributed by atoms with Crippen LogP contribution in [0.1, 0.15) is 53.2 Å². The van der Waals surface area contributed by atoms with Crippen LogP contribution in [0.25, 0.3) is 11.5 Å². The van der Waals surface area contributed by atoms with Gasteiger partial charge in [0.05, 0.1) is 31.6 Å². The van der Waals surface area contributed by atoms with E-state index in [1.807, 2.05) is 25.1 Å². The van der Waals surface area contributed by atoms with Crippen molar-refractivity contribution in [3.63, 3.8) is 0 Å². The van der Waals surface area contributed by atoms with Gasteiger partial charge >= 0.3 is 12.1 Å². The monoisotopic (exact) mass is 579 g/mol. The summed E-state index contributed by atoms with van der Waals surface area (Å²) < 4.78 is 22.4. The molecule has 1 aromatic heterocycles. The summed E-state index contributed by atoms with van der Waals surface area (Å²) in [4.78, 5) is 42.4. The molecular formula is C31H37N3O8. The van der Waals surface area contributed by atoms with E-state index in [-0.39, 0.29) is 25.0 Å². The van der Waals surface area contributed by atoms with Crippen molar-refractivity contribution in [2.24, 2.45) is 0 Å². The Morgan fingerprint density at radius 1 is 1.07 bits per heavy atom. The van der Waals surface area contributed by atoms with E-state index in [1.165, 1.54) is 0 Å². The van der Waals surface area contributed by atoms with Crippen LogP contribution in [0, 0.1) is 6.92 Å². The lowest BCUT2D eigenvalue weighted by atomic mass is 10.0. The lowest BCUT2D eigenvalue weighted by Gasteiger charge is -2.26. The minimum absolute atomic E-state index is 0.0261. The van der Waals surface area contributed by atoms with E-state index in [4.69, 9.17) is 23.7 Å². The third-order valence-electron chi connectivity index (χ3n) is 6.71. The summed E-state index contributed by atoms with van der Waals surface area (Å²) in [6.07, 6.45) is -0.0215. The van der Waals surface area contributed by atoms with Gasteiger partial charge in [-0.25, -0.2) is 9.78 Å². The Balaban J connectivity index is 1.39. The second-order valence-electron chi connectivity index (χ2n) is 10.2. The highest BCUT2D eigenvalue weighted by Gasteiger charge is 2.20. The lowest BCUT2D eigenvalue weighted by Crippen LogP contribution is -2.40. The molecule has 4 rings (SSSR count). The van der Waals surface area contributed by atoms with Crippen LogP contribution in [-0.2, 0) is 33.7 Å². The van der Waals surface area contributed by atoms with Crippen LogP contribution < -0.4 is 10.1 Å². The van der Waals surface area contributed by atoms with Crippen LogP contribution in [-0.4, -0.2) is 72.0 Å². The van der Waals surface area contributed by atoms with Crippen molar-refractivity contribution in [3.05, 3.63) is 70.6 Å². The molecule has 11 heteroatoms. The summed E-state index contributed by atoms with van der Waals surface area (Å²) in [5.41, 5.74) is 3.59. The number of aliphatic carboxylic acids is 1. The van der Waals surface area contributed by atoms with Gasteiger partial charge in [0, 0.05) is 43.6 Å². The van der Waals surface area contributed by atoms with Crippen LogP contribution in [0.15, 0.2) is 46.9 Å². The van der Waals surface area contributed by atoms with Gasteiger partial charge in [0.2, 0.25) is 5.89 Å². The summed E-state index contributed by atoms with van der Waals surface area (Å²) >= 11 is 0. The molecule has 3 aromatic rings. The van der Waals surface area contributed by atoms with Crippen molar-refractivity contribution in [2.45, 2.75) is 52.7 Å². The number of carbonyl (C=O) groups is 3. The Kier molecular flexibility index (Phi) is 10.6. The molecule has 0 spiro atoms. The molecule has 1 aliphatic heterocycles. The number of oxazole rings is 1. The number of carboxylic acids is 1. The fourth-order valence-electron chi connectivity index (χ4n) is 4.55. The highest BCUT2D eigenvalue weighted by molar-refractivity contribution is 5.95. The average molecular weight is 580 g/mol. The van der Waals surface area contributed by atoms with E-state index >= 15 is 0 Å². The number of hydrogen-bond donors (Lipinski definition) is 2. The second-order valence-corrected chi connectivity index (χ2v) is 10.2. The maximum absolute atomic E-state index is 12.9. The number of aryl methyl sites for hydroxylation is 2. The van der Waals surface area contributed by atoms with E-state index in [0.717, 1.165) is 22.4 Å². The molecule has 2 N–H and O–H groups in total. The topological polar surface area (TPSA) is 140 Å². The number of nitrogens with one attached hydrogen (secondary N) is 1. The van der Waals surface area contributed by atoms with E-state index in [0.29, 0.717) is 68.7 Å².